The molecule has 0 aromatic heterocycles. The first kappa shape index (κ1) is 85.7. The summed E-state index contributed by atoms with van der Waals surface area (Å²) in [6, 6.07) is 0. The summed E-state index contributed by atoms with van der Waals surface area (Å²) >= 11 is 0. The average molecular weight is 1300 g/mol. The summed E-state index contributed by atoms with van der Waals surface area (Å²) in [5.74, 6) is -1.59. The zero-order valence-corrected chi connectivity index (χ0v) is 57.6. The molecule has 5 atom stereocenters. The number of phosphoric ester groups is 2. The summed E-state index contributed by atoms with van der Waals surface area (Å²) < 4.78 is 60.8. The van der Waals surface area contributed by atoms with Crippen molar-refractivity contribution >= 4 is 33.6 Å². The van der Waals surface area contributed by atoms with Crippen molar-refractivity contribution in [3.05, 3.63) is 85.1 Å². The summed E-state index contributed by atoms with van der Waals surface area (Å²) in [4.78, 5) is 58.3. The van der Waals surface area contributed by atoms with Gasteiger partial charge in [-0.05, 0) is 116 Å². The topological polar surface area (TPSA) is 231 Å². The summed E-state index contributed by atoms with van der Waals surface area (Å²) in [5.41, 5.74) is 0. The van der Waals surface area contributed by atoms with Gasteiger partial charge < -0.3 is 34.2 Å². The highest BCUT2D eigenvalue weighted by Gasteiger charge is 2.29. The van der Waals surface area contributed by atoms with Crippen LogP contribution in [0.5, 0.6) is 0 Å². The summed E-state index contributed by atoms with van der Waals surface area (Å²) in [6.45, 7) is 2.51. The molecule has 516 valence electrons. The van der Waals surface area contributed by atoms with E-state index in [0.29, 0.717) is 19.3 Å². The number of hydrogen-bond donors (Lipinski definition) is 4. The van der Waals surface area contributed by atoms with Crippen LogP contribution in [0.3, 0.4) is 0 Å². The molecule has 89 heavy (non-hydrogen) atoms. The number of esters is 3. The van der Waals surface area contributed by atoms with Crippen molar-refractivity contribution < 1.29 is 75.8 Å². The number of rotatable bonds is 66. The largest absolute Gasteiger partial charge is 0.472 e. The quantitative estimate of drug-likeness (QED) is 0.0146. The van der Waals surface area contributed by atoms with Gasteiger partial charge in [0.1, 0.15) is 25.4 Å². The van der Waals surface area contributed by atoms with Crippen LogP contribution >= 0.6 is 15.6 Å². The molecular formula is C71H126O16P2. The van der Waals surface area contributed by atoms with E-state index in [-0.39, 0.29) is 19.3 Å². The van der Waals surface area contributed by atoms with Gasteiger partial charge >= 0.3 is 33.6 Å². The maximum Gasteiger partial charge on any atom is 0.472 e. The Hall–Kier alpha value is -3.27. The minimum Gasteiger partial charge on any atom is -0.463 e. The van der Waals surface area contributed by atoms with Crippen molar-refractivity contribution in [2.45, 2.75) is 309 Å². The predicted octanol–water partition coefficient (Wildman–Crippen LogP) is 19.3. The van der Waals surface area contributed by atoms with Crippen molar-refractivity contribution in [3.8, 4) is 0 Å². The lowest BCUT2D eigenvalue weighted by Crippen LogP contribution is -2.30. The van der Waals surface area contributed by atoms with E-state index in [1.54, 1.807) is 0 Å². The van der Waals surface area contributed by atoms with Gasteiger partial charge in [-0.15, -0.1) is 0 Å². The number of carbonyl (C=O) groups is 3. The van der Waals surface area contributed by atoms with E-state index in [4.69, 9.17) is 32.3 Å². The first-order valence-corrected chi connectivity index (χ1v) is 37.9. The molecular weight excluding hydrogens is 1170 g/mol. The Labute approximate surface area is 540 Å². The lowest BCUT2D eigenvalue weighted by molar-refractivity contribution is -0.161. The van der Waals surface area contributed by atoms with Crippen LogP contribution in [-0.2, 0) is 55.8 Å². The number of hydrogen-bond acceptors (Lipinski definition) is 14. The smallest absolute Gasteiger partial charge is 0.463 e. The molecule has 0 aromatic carbocycles. The third-order valence-electron chi connectivity index (χ3n) is 14.6. The fourth-order valence-electron chi connectivity index (χ4n) is 9.23. The van der Waals surface area contributed by atoms with E-state index < -0.39 is 91.5 Å². The molecule has 5 unspecified atom stereocenters. The van der Waals surface area contributed by atoms with Crippen LogP contribution < -0.4 is 0 Å². The predicted molar refractivity (Wildman–Crippen MR) is 362 cm³/mol. The van der Waals surface area contributed by atoms with E-state index in [1.807, 2.05) is 0 Å². The third kappa shape index (κ3) is 66.0. The fourth-order valence-corrected chi connectivity index (χ4v) is 10.8. The molecule has 0 aromatic rings. The SMILES string of the molecule is CC/C=C\C/C=C\C/C=C\C/C=C\C/C=C\CCCCCCCCCCCCCC(=O)OCC(O)COP(=O)(O)OCC(O)COP(=O)(O)OCC(COC(=O)CCCCCCC/C=C\CCCCCC)OC(=O)CCCCCCC/C=C\CCCCCC. The van der Waals surface area contributed by atoms with Crippen molar-refractivity contribution in [3.63, 3.8) is 0 Å². The Balaban J connectivity index is 4.46. The molecule has 0 aliphatic carbocycles. The van der Waals surface area contributed by atoms with Gasteiger partial charge in [0.05, 0.1) is 26.4 Å². The molecule has 0 radical (unpaired) electrons. The monoisotopic (exact) mass is 1300 g/mol. The van der Waals surface area contributed by atoms with E-state index >= 15 is 0 Å². The highest BCUT2D eigenvalue weighted by atomic mass is 31.2. The minimum absolute atomic E-state index is 0.0949. The van der Waals surface area contributed by atoms with E-state index in [2.05, 4.69) is 106 Å². The summed E-state index contributed by atoms with van der Waals surface area (Å²) in [7, 11) is -9.77. The third-order valence-corrected chi connectivity index (χ3v) is 16.5. The Bertz CT molecular complexity index is 1970. The Morgan fingerprint density at radius 1 is 0.326 bits per heavy atom. The van der Waals surface area contributed by atoms with Gasteiger partial charge in [0.15, 0.2) is 6.10 Å². The minimum atomic E-state index is -4.92. The average Bonchev–Trinajstić information content (AvgIpc) is 3.55. The second-order valence-electron chi connectivity index (χ2n) is 23.3. The summed E-state index contributed by atoms with van der Waals surface area (Å²) in [6.07, 6.45) is 69.3. The van der Waals surface area contributed by atoms with E-state index in [1.165, 1.54) is 96.3 Å². The van der Waals surface area contributed by atoms with Crippen LogP contribution in [0, 0.1) is 0 Å². The van der Waals surface area contributed by atoms with Crippen LogP contribution in [0.15, 0.2) is 85.1 Å². The van der Waals surface area contributed by atoms with Gasteiger partial charge in [0, 0.05) is 19.3 Å². The van der Waals surface area contributed by atoms with E-state index in [9.17, 15) is 43.5 Å². The molecule has 0 bridgehead atoms. The van der Waals surface area contributed by atoms with Gasteiger partial charge in [-0.2, -0.15) is 0 Å². The van der Waals surface area contributed by atoms with Gasteiger partial charge in [-0.25, -0.2) is 9.13 Å². The fraction of sp³-hybridized carbons (Fsp3) is 0.761. The number of ether oxygens (including phenoxy) is 3. The van der Waals surface area contributed by atoms with Gasteiger partial charge in [0.25, 0.3) is 0 Å². The summed E-state index contributed by atoms with van der Waals surface area (Å²) in [5, 5.41) is 20.5. The van der Waals surface area contributed by atoms with Gasteiger partial charge in [-0.3, -0.25) is 32.5 Å². The molecule has 0 fully saturated rings. The lowest BCUT2D eigenvalue weighted by Gasteiger charge is -2.21. The number of allylic oxidation sites excluding steroid dienone is 14. The molecule has 4 N–H and O–H groups in total. The molecule has 0 saturated heterocycles. The number of aliphatic hydroxyl groups is 2. The Kier molecular flexibility index (Phi) is 62.4. The molecule has 0 aliphatic heterocycles. The Morgan fingerprint density at radius 2 is 0.596 bits per heavy atom. The number of aliphatic hydroxyl groups excluding tert-OH is 2. The van der Waals surface area contributed by atoms with E-state index in [0.717, 1.165) is 135 Å². The number of carbonyl (C=O) groups excluding carboxylic acids is 3. The van der Waals surface area contributed by atoms with Crippen LogP contribution in [0.2, 0.25) is 0 Å². The molecule has 0 saturated carbocycles. The van der Waals surface area contributed by atoms with Crippen LogP contribution in [0.4, 0.5) is 0 Å². The normalized spacial score (nSPS) is 14.7. The molecule has 0 heterocycles. The lowest BCUT2D eigenvalue weighted by atomic mass is 10.0. The second kappa shape index (κ2) is 64.8. The van der Waals surface area contributed by atoms with Crippen molar-refractivity contribution in [1.29, 1.82) is 0 Å². The first-order valence-electron chi connectivity index (χ1n) is 34.9. The molecule has 0 spiro atoms. The van der Waals surface area contributed by atoms with Gasteiger partial charge in [-0.1, -0.05) is 241 Å². The molecule has 0 amide bonds. The molecule has 18 heteroatoms. The maximum atomic E-state index is 12.9. The standard InChI is InChI=1S/C71H126O16P2/c1-4-7-10-13-16-19-22-25-26-27-28-29-30-31-32-33-34-35-36-37-38-41-43-45-48-51-54-57-69(74)81-60-66(72)61-83-88(77,78)84-62-67(73)63-85-89(79,80)86-65-68(87-71(76)59-56-53-50-47-44-40-24-21-18-15-12-9-6-3)64-82-70(75)58-55-52-49-46-42-39-23-20-17-14-11-8-5-2/h7,10,16,19-21,23-26,28-29,31-32,66-68,72-73H,4-6,8-9,11-15,17-18,22,27,30,33-65H2,1-3H3,(H,77,78)(H,79,80)/b10-7-,19-16-,23-20-,24-21-,26-25-,29-28-,32-31-. The van der Waals surface area contributed by atoms with Crippen molar-refractivity contribution in [1.82, 2.24) is 0 Å². The maximum absolute atomic E-state index is 12.9. The Morgan fingerprint density at radius 3 is 0.955 bits per heavy atom. The highest BCUT2D eigenvalue weighted by Crippen LogP contribution is 2.45. The van der Waals surface area contributed by atoms with Crippen LogP contribution in [-0.4, -0.2) is 95.9 Å². The van der Waals surface area contributed by atoms with Gasteiger partial charge in [0.2, 0.25) is 0 Å². The first-order chi connectivity index (χ1) is 43.2. The highest BCUT2D eigenvalue weighted by molar-refractivity contribution is 7.47. The number of phosphoric acid groups is 2. The van der Waals surface area contributed by atoms with Crippen molar-refractivity contribution in [2.24, 2.45) is 0 Å². The molecule has 0 rings (SSSR count). The molecule has 16 nitrogen and oxygen atoms in total. The van der Waals surface area contributed by atoms with Crippen molar-refractivity contribution in [2.75, 3.05) is 39.6 Å². The van der Waals surface area contributed by atoms with Crippen LogP contribution in [0.1, 0.15) is 290 Å². The second-order valence-corrected chi connectivity index (χ2v) is 26.2. The zero-order valence-electron chi connectivity index (χ0n) is 55.8. The zero-order chi connectivity index (χ0) is 65.3. The van der Waals surface area contributed by atoms with Crippen LogP contribution in [0.25, 0.3) is 0 Å². The molecule has 0 aliphatic rings. The number of unbranched alkanes of at least 4 members (excludes halogenated alkanes) is 29.